The van der Waals surface area contributed by atoms with E-state index in [1.165, 1.54) is 0 Å². The average Bonchev–Trinajstić information content (AvgIpc) is 2.89. The second-order valence-corrected chi connectivity index (χ2v) is 5.97. The SMILES string of the molecule is O=S([O-])S(=O)[O-].O=c1[nH]c2ccncc2n2cccc12.[Na+].[Na+]. The van der Waals surface area contributed by atoms with Crippen molar-refractivity contribution in [3.63, 3.8) is 0 Å². The summed E-state index contributed by atoms with van der Waals surface area (Å²) in [6.45, 7) is 0. The van der Waals surface area contributed by atoms with Gasteiger partial charge in [0.25, 0.3) is 5.56 Å². The van der Waals surface area contributed by atoms with Gasteiger partial charge in [-0.15, -0.1) is 0 Å². The van der Waals surface area contributed by atoms with Crippen LogP contribution in [0, 0.1) is 0 Å². The van der Waals surface area contributed by atoms with Crippen molar-refractivity contribution in [2.75, 3.05) is 0 Å². The Labute approximate surface area is 173 Å². The van der Waals surface area contributed by atoms with Crippen molar-refractivity contribution in [1.29, 1.82) is 0 Å². The molecule has 0 aliphatic carbocycles. The van der Waals surface area contributed by atoms with E-state index in [4.69, 9.17) is 17.5 Å². The zero-order chi connectivity index (χ0) is 14.7. The van der Waals surface area contributed by atoms with Crippen molar-refractivity contribution in [2.45, 2.75) is 0 Å². The first-order valence-corrected chi connectivity index (χ1v) is 7.79. The molecule has 12 heteroatoms. The molecule has 0 aromatic carbocycles. The Morgan fingerprint density at radius 2 is 1.73 bits per heavy atom. The molecular formula is C10H7N3Na2O5S2. The summed E-state index contributed by atoms with van der Waals surface area (Å²) in [6, 6.07) is 5.42. The van der Waals surface area contributed by atoms with E-state index < -0.39 is 20.2 Å². The van der Waals surface area contributed by atoms with E-state index in [-0.39, 0.29) is 64.7 Å². The van der Waals surface area contributed by atoms with Gasteiger partial charge in [-0.1, -0.05) is 0 Å². The van der Waals surface area contributed by atoms with Crippen LogP contribution in [0.5, 0.6) is 0 Å². The van der Waals surface area contributed by atoms with Gasteiger partial charge in [-0.25, -0.2) is 0 Å². The quantitative estimate of drug-likeness (QED) is 0.261. The third-order valence-electron chi connectivity index (χ3n) is 2.40. The summed E-state index contributed by atoms with van der Waals surface area (Å²) in [7, 11) is -5.90. The van der Waals surface area contributed by atoms with Crippen molar-refractivity contribution < 1.29 is 76.6 Å². The number of nitrogens with zero attached hydrogens (tertiary/aromatic N) is 2. The van der Waals surface area contributed by atoms with Gasteiger partial charge in [0.2, 0.25) is 0 Å². The molecule has 22 heavy (non-hydrogen) atoms. The van der Waals surface area contributed by atoms with Crippen molar-refractivity contribution in [3.05, 3.63) is 47.1 Å². The Hall–Kier alpha value is 0.120. The summed E-state index contributed by atoms with van der Waals surface area (Å²) in [4.78, 5) is 18.4. The van der Waals surface area contributed by atoms with Gasteiger partial charge in [0, 0.05) is 32.6 Å². The summed E-state index contributed by atoms with van der Waals surface area (Å²) >= 11 is 0. The van der Waals surface area contributed by atoms with Crippen molar-refractivity contribution in [2.24, 2.45) is 0 Å². The number of aromatic amines is 1. The monoisotopic (exact) mass is 359 g/mol. The zero-order valence-electron chi connectivity index (χ0n) is 11.7. The van der Waals surface area contributed by atoms with Gasteiger partial charge in [-0.2, -0.15) is 0 Å². The van der Waals surface area contributed by atoms with Crippen LogP contribution in [0.4, 0.5) is 0 Å². The van der Waals surface area contributed by atoms with E-state index in [1.54, 1.807) is 24.5 Å². The van der Waals surface area contributed by atoms with E-state index in [2.05, 4.69) is 9.97 Å². The smallest absolute Gasteiger partial charge is 0.763 e. The van der Waals surface area contributed by atoms with Gasteiger partial charge in [0.15, 0.2) is 0 Å². The predicted molar refractivity (Wildman–Crippen MR) is 71.2 cm³/mol. The molecule has 0 fully saturated rings. The summed E-state index contributed by atoms with van der Waals surface area (Å²) in [5.41, 5.74) is 2.28. The molecule has 0 amide bonds. The molecular weight excluding hydrogens is 352 g/mol. The predicted octanol–water partition coefficient (Wildman–Crippen LogP) is -6.16. The normalized spacial score (nSPS) is 12.5. The van der Waals surface area contributed by atoms with E-state index in [0.29, 0.717) is 5.52 Å². The number of H-pyrrole nitrogens is 1. The molecule has 0 aliphatic heterocycles. The molecule has 1 N–H and O–H groups in total. The van der Waals surface area contributed by atoms with E-state index in [0.717, 1.165) is 11.0 Å². The minimum atomic E-state index is -2.95. The molecule has 2 unspecified atom stereocenters. The molecule has 3 aromatic heterocycles. The van der Waals surface area contributed by atoms with Crippen LogP contribution in [0.3, 0.4) is 0 Å². The van der Waals surface area contributed by atoms with Crippen molar-refractivity contribution in [3.8, 4) is 0 Å². The summed E-state index contributed by atoms with van der Waals surface area (Å²) in [5.74, 6) is 0. The van der Waals surface area contributed by atoms with Crippen LogP contribution in [-0.4, -0.2) is 31.9 Å². The number of aromatic nitrogens is 3. The third kappa shape index (κ3) is 5.34. The van der Waals surface area contributed by atoms with Crippen LogP contribution in [0.2, 0.25) is 0 Å². The molecule has 2 atom stereocenters. The fraction of sp³-hybridized carbons (Fsp3) is 0. The molecule has 0 aliphatic rings. The first-order valence-electron chi connectivity index (χ1n) is 5.13. The first-order chi connectivity index (χ1) is 9.50. The minimum Gasteiger partial charge on any atom is -0.763 e. The molecule has 0 saturated carbocycles. The molecule has 8 nitrogen and oxygen atoms in total. The number of hydrogen-bond acceptors (Lipinski definition) is 6. The van der Waals surface area contributed by atoms with Crippen molar-refractivity contribution in [1.82, 2.24) is 14.4 Å². The Balaban J connectivity index is 0.000000486. The molecule has 3 heterocycles. The fourth-order valence-electron chi connectivity index (χ4n) is 1.65. The topological polar surface area (TPSA) is 130 Å². The van der Waals surface area contributed by atoms with E-state index in [9.17, 15) is 4.79 Å². The Bertz CT molecular complexity index is 854. The minimum absolute atomic E-state index is 0. The standard InChI is InChI=1S/C10H7N3O.2Na.H2O4S2/c14-10-8-2-1-5-13(8)9-6-11-4-3-7(9)12-10;;;1-5(2)6(3)4/h1-6H,(H,12,14);;;(H,1,2)(H,3,4)/q;2*+1;/p-2. The molecule has 3 aromatic rings. The molecule has 3 rings (SSSR count). The van der Waals surface area contributed by atoms with Crippen LogP contribution in [0.15, 0.2) is 41.6 Å². The third-order valence-corrected chi connectivity index (χ3v) is 3.29. The molecule has 0 bridgehead atoms. The Morgan fingerprint density at radius 3 is 2.32 bits per heavy atom. The Morgan fingerprint density at radius 1 is 1.09 bits per heavy atom. The second-order valence-electron chi connectivity index (χ2n) is 3.52. The molecule has 106 valence electrons. The van der Waals surface area contributed by atoms with Crippen LogP contribution in [-0.2, 0) is 20.2 Å². The van der Waals surface area contributed by atoms with Gasteiger partial charge >= 0.3 is 59.1 Å². The number of rotatable bonds is 1. The number of nitrogens with one attached hydrogen (secondary N) is 1. The van der Waals surface area contributed by atoms with Gasteiger partial charge in [-0.3, -0.25) is 18.2 Å². The number of hydrogen-bond donors (Lipinski definition) is 1. The van der Waals surface area contributed by atoms with Gasteiger partial charge < -0.3 is 18.5 Å². The largest absolute Gasteiger partial charge is 1.00 e. The van der Waals surface area contributed by atoms with Crippen molar-refractivity contribution >= 4 is 36.8 Å². The molecule has 0 radical (unpaired) electrons. The summed E-state index contributed by atoms with van der Waals surface area (Å²) in [5, 5.41) is 0. The number of pyridine rings is 1. The average molecular weight is 359 g/mol. The zero-order valence-corrected chi connectivity index (χ0v) is 17.3. The van der Waals surface area contributed by atoms with Crippen LogP contribution < -0.4 is 64.7 Å². The Kier molecular flexibility index (Phi) is 10.1. The summed E-state index contributed by atoms with van der Waals surface area (Å²) in [6.07, 6.45) is 5.25. The van der Waals surface area contributed by atoms with E-state index >= 15 is 0 Å². The summed E-state index contributed by atoms with van der Waals surface area (Å²) < 4.78 is 38.2. The number of fused-ring (bicyclic) bond motifs is 3. The van der Waals surface area contributed by atoms with Crippen LogP contribution >= 0.6 is 0 Å². The van der Waals surface area contributed by atoms with E-state index in [1.807, 2.05) is 16.7 Å². The van der Waals surface area contributed by atoms with Crippen LogP contribution in [0.1, 0.15) is 0 Å². The maximum atomic E-state index is 11.6. The van der Waals surface area contributed by atoms with Gasteiger partial charge in [-0.05, 0) is 18.2 Å². The van der Waals surface area contributed by atoms with Crippen LogP contribution in [0.25, 0.3) is 16.6 Å². The second kappa shape index (κ2) is 10.1. The molecule has 0 saturated heterocycles. The molecule has 0 spiro atoms. The fourth-order valence-corrected chi connectivity index (χ4v) is 1.65. The van der Waals surface area contributed by atoms with Gasteiger partial charge in [0.1, 0.15) is 5.52 Å². The van der Waals surface area contributed by atoms with Gasteiger partial charge in [0.05, 0.1) is 17.2 Å². The maximum absolute atomic E-state index is 11.6. The maximum Gasteiger partial charge on any atom is 1.00 e. The first kappa shape index (κ1) is 22.1.